The van der Waals surface area contributed by atoms with Gasteiger partial charge in [0.1, 0.15) is 11.3 Å². The van der Waals surface area contributed by atoms with Gasteiger partial charge < -0.3 is 10.1 Å². The average Bonchev–Trinajstić information content (AvgIpc) is 2.98. The predicted octanol–water partition coefficient (Wildman–Crippen LogP) is 4.61. The molecule has 1 atom stereocenters. The second kappa shape index (κ2) is 6.61. The zero-order chi connectivity index (χ0) is 17.3. The number of para-hydroxylation sites is 1. The fourth-order valence-electron chi connectivity index (χ4n) is 2.55. The number of rotatable bonds is 5. The van der Waals surface area contributed by atoms with Gasteiger partial charge in [0.25, 0.3) is 0 Å². The summed E-state index contributed by atoms with van der Waals surface area (Å²) in [5, 5.41) is 3.94. The van der Waals surface area contributed by atoms with Crippen molar-refractivity contribution in [2.75, 3.05) is 12.4 Å². The van der Waals surface area contributed by atoms with Crippen molar-refractivity contribution in [2.24, 2.45) is 0 Å². The van der Waals surface area contributed by atoms with E-state index in [0.717, 1.165) is 32.2 Å². The first-order valence-corrected chi connectivity index (χ1v) is 8.63. The van der Waals surface area contributed by atoms with Crippen LogP contribution in [0.25, 0.3) is 10.2 Å². The minimum atomic E-state index is -0.348. The summed E-state index contributed by atoms with van der Waals surface area (Å²) >= 11 is 1.52. The van der Waals surface area contributed by atoms with Crippen LogP contribution in [0.3, 0.4) is 0 Å². The van der Waals surface area contributed by atoms with Crippen LogP contribution in [0.15, 0.2) is 36.4 Å². The monoisotopic (exact) mass is 340 g/mol. The van der Waals surface area contributed by atoms with Gasteiger partial charge in [-0.2, -0.15) is 0 Å². The van der Waals surface area contributed by atoms with Gasteiger partial charge in [-0.15, -0.1) is 0 Å². The Morgan fingerprint density at radius 2 is 2.00 bits per heavy atom. The number of fused-ring (bicyclic) bond motifs is 1. The summed E-state index contributed by atoms with van der Waals surface area (Å²) in [4.78, 5) is 17.2. The van der Waals surface area contributed by atoms with E-state index in [1.807, 2.05) is 57.2 Å². The number of nitrogens with zero attached hydrogens (tertiary/aromatic N) is 1. The number of ketones is 1. The number of thiazole rings is 1. The van der Waals surface area contributed by atoms with E-state index in [0.29, 0.717) is 0 Å². The smallest absolute Gasteiger partial charge is 0.184 e. The van der Waals surface area contributed by atoms with E-state index < -0.39 is 0 Å². The second-order valence-corrected chi connectivity index (χ2v) is 6.89. The lowest BCUT2D eigenvalue weighted by Crippen LogP contribution is -2.26. The lowest BCUT2D eigenvalue weighted by atomic mass is 10.0. The van der Waals surface area contributed by atoms with Crippen molar-refractivity contribution >= 4 is 32.5 Å². The fourth-order valence-corrected chi connectivity index (χ4v) is 3.52. The van der Waals surface area contributed by atoms with Crippen LogP contribution in [0, 0.1) is 13.8 Å². The number of carbonyl (C=O) groups is 1. The molecule has 0 spiro atoms. The number of anilines is 1. The third-order valence-corrected chi connectivity index (χ3v) is 5.08. The summed E-state index contributed by atoms with van der Waals surface area (Å²) in [6.45, 7) is 5.92. The number of nitrogens with one attached hydrogen (secondary N) is 1. The van der Waals surface area contributed by atoms with Gasteiger partial charge in [0, 0.05) is 5.56 Å². The molecule has 0 aliphatic heterocycles. The molecule has 0 fully saturated rings. The van der Waals surface area contributed by atoms with Crippen molar-refractivity contribution < 1.29 is 9.53 Å². The number of hydrogen-bond acceptors (Lipinski definition) is 5. The Morgan fingerprint density at radius 3 is 2.71 bits per heavy atom. The van der Waals surface area contributed by atoms with Gasteiger partial charge in [0.05, 0.1) is 17.9 Å². The Balaban J connectivity index is 1.82. The van der Waals surface area contributed by atoms with Gasteiger partial charge in [0.15, 0.2) is 10.9 Å². The van der Waals surface area contributed by atoms with Crippen LogP contribution in [-0.4, -0.2) is 23.9 Å². The Kier molecular flexibility index (Phi) is 4.53. The first-order valence-electron chi connectivity index (χ1n) is 7.81. The Morgan fingerprint density at radius 1 is 1.21 bits per heavy atom. The highest BCUT2D eigenvalue weighted by atomic mass is 32.1. The van der Waals surface area contributed by atoms with Crippen LogP contribution < -0.4 is 10.1 Å². The molecule has 124 valence electrons. The molecule has 0 amide bonds. The molecule has 0 aliphatic rings. The van der Waals surface area contributed by atoms with Crippen molar-refractivity contribution in [2.45, 2.75) is 26.8 Å². The van der Waals surface area contributed by atoms with E-state index in [-0.39, 0.29) is 11.8 Å². The number of aromatic nitrogens is 1. The van der Waals surface area contributed by atoms with Crippen LogP contribution in [-0.2, 0) is 0 Å². The molecule has 2 aromatic carbocycles. The molecule has 4 nitrogen and oxygen atoms in total. The summed E-state index contributed by atoms with van der Waals surface area (Å²) in [6.07, 6.45) is 0. The molecule has 0 saturated heterocycles. The summed E-state index contributed by atoms with van der Waals surface area (Å²) in [6, 6.07) is 11.3. The molecule has 1 N–H and O–H groups in total. The topological polar surface area (TPSA) is 51.2 Å². The van der Waals surface area contributed by atoms with Gasteiger partial charge >= 0.3 is 0 Å². The molecular formula is C19H20N2O2S. The number of methoxy groups -OCH3 is 1. The molecular weight excluding hydrogens is 320 g/mol. The predicted molar refractivity (Wildman–Crippen MR) is 99.5 cm³/mol. The number of aryl methyl sites for hydroxylation is 2. The Hall–Kier alpha value is -2.40. The largest absolute Gasteiger partial charge is 0.494 e. The highest BCUT2D eigenvalue weighted by Crippen LogP contribution is 2.32. The highest BCUT2D eigenvalue weighted by Gasteiger charge is 2.18. The molecule has 0 bridgehead atoms. The number of hydrogen-bond donors (Lipinski definition) is 1. The summed E-state index contributed by atoms with van der Waals surface area (Å²) in [5.74, 6) is 0.800. The van der Waals surface area contributed by atoms with Crippen molar-refractivity contribution in [3.05, 3.63) is 53.1 Å². The molecule has 1 heterocycles. The van der Waals surface area contributed by atoms with Gasteiger partial charge in [0.2, 0.25) is 0 Å². The Labute approximate surface area is 145 Å². The molecule has 0 radical (unpaired) electrons. The average molecular weight is 340 g/mol. The van der Waals surface area contributed by atoms with Crippen LogP contribution >= 0.6 is 11.3 Å². The molecule has 3 aromatic rings. The lowest BCUT2D eigenvalue weighted by Gasteiger charge is -2.12. The van der Waals surface area contributed by atoms with Crippen LogP contribution in [0.4, 0.5) is 5.13 Å². The minimum Gasteiger partial charge on any atom is -0.494 e. The SMILES string of the molecule is COc1cccc2sc(NC(C)C(=O)c3ccc(C)c(C)c3)nc12. The molecule has 5 heteroatoms. The minimum absolute atomic E-state index is 0.0596. The van der Waals surface area contributed by atoms with Crippen LogP contribution in [0.2, 0.25) is 0 Å². The van der Waals surface area contributed by atoms with Gasteiger partial charge in [-0.25, -0.2) is 4.98 Å². The van der Waals surface area contributed by atoms with Crippen molar-refractivity contribution in [3.63, 3.8) is 0 Å². The quantitative estimate of drug-likeness (QED) is 0.689. The fraction of sp³-hybridized carbons (Fsp3) is 0.263. The van der Waals surface area contributed by atoms with E-state index in [1.54, 1.807) is 7.11 Å². The zero-order valence-electron chi connectivity index (χ0n) is 14.2. The number of carbonyl (C=O) groups excluding carboxylic acids is 1. The van der Waals surface area contributed by atoms with Crippen molar-refractivity contribution in [1.82, 2.24) is 4.98 Å². The summed E-state index contributed by atoms with van der Waals surface area (Å²) < 4.78 is 6.37. The third-order valence-electron chi connectivity index (χ3n) is 4.13. The first-order chi connectivity index (χ1) is 11.5. The maximum atomic E-state index is 12.6. The van der Waals surface area contributed by atoms with E-state index in [2.05, 4.69) is 10.3 Å². The molecule has 1 aromatic heterocycles. The van der Waals surface area contributed by atoms with Gasteiger partial charge in [-0.05, 0) is 50.1 Å². The summed E-state index contributed by atoms with van der Waals surface area (Å²) in [5.41, 5.74) is 3.85. The molecule has 24 heavy (non-hydrogen) atoms. The first kappa shape index (κ1) is 16.5. The maximum absolute atomic E-state index is 12.6. The highest BCUT2D eigenvalue weighted by molar-refractivity contribution is 7.22. The molecule has 3 rings (SSSR count). The van der Waals surface area contributed by atoms with E-state index in [4.69, 9.17) is 4.74 Å². The number of benzene rings is 2. The van der Waals surface area contributed by atoms with Gasteiger partial charge in [-0.1, -0.05) is 29.5 Å². The molecule has 0 aliphatic carbocycles. The molecule has 1 unspecified atom stereocenters. The Bertz CT molecular complexity index is 902. The van der Waals surface area contributed by atoms with Crippen LogP contribution in [0.5, 0.6) is 5.75 Å². The van der Waals surface area contributed by atoms with Crippen molar-refractivity contribution in [3.8, 4) is 5.75 Å². The lowest BCUT2D eigenvalue weighted by molar-refractivity contribution is 0.0975. The standard InChI is InChI=1S/C19H20N2O2S/c1-11-8-9-14(10-12(11)2)18(22)13(3)20-19-21-17-15(23-4)6-5-7-16(17)24-19/h5-10,13H,1-4H3,(H,20,21). The van der Waals surface area contributed by atoms with E-state index >= 15 is 0 Å². The molecule has 0 saturated carbocycles. The second-order valence-electron chi connectivity index (χ2n) is 5.86. The third kappa shape index (κ3) is 3.12. The van der Waals surface area contributed by atoms with E-state index in [9.17, 15) is 4.79 Å². The van der Waals surface area contributed by atoms with Crippen LogP contribution in [0.1, 0.15) is 28.4 Å². The number of ether oxygens (including phenoxy) is 1. The zero-order valence-corrected chi connectivity index (χ0v) is 15.0. The summed E-state index contributed by atoms with van der Waals surface area (Å²) in [7, 11) is 1.63. The van der Waals surface area contributed by atoms with Crippen molar-refractivity contribution in [1.29, 1.82) is 0 Å². The van der Waals surface area contributed by atoms with Gasteiger partial charge in [-0.3, -0.25) is 4.79 Å². The van der Waals surface area contributed by atoms with E-state index in [1.165, 1.54) is 16.9 Å². The maximum Gasteiger partial charge on any atom is 0.184 e. The normalized spacial score (nSPS) is 12.2. The number of Topliss-reactive ketones (excluding diaryl/α,β-unsaturated/α-hetero) is 1.